The van der Waals surface area contributed by atoms with E-state index < -0.39 is 11.8 Å². The van der Waals surface area contributed by atoms with Crippen molar-refractivity contribution in [2.75, 3.05) is 13.1 Å². The highest BCUT2D eigenvalue weighted by atomic mass is 16.2. The van der Waals surface area contributed by atoms with Crippen LogP contribution >= 0.6 is 0 Å². The third-order valence-corrected chi connectivity index (χ3v) is 4.98. The Labute approximate surface area is 167 Å². The molecule has 2 heterocycles. The molecule has 0 atom stereocenters. The third-order valence-electron chi connectivity index (χ3n) is 4.98. The molecule has 3 aromatic rings. The van der Waals surface area contributed by atoms with Gasteiger partial charge in [0.15, 0.2) is 6.54 Å². The van der Waals surface area contributed by atoms with E-state index in [0.717, 1.165) is 10.9 Å². The number of benzene rings is 2. The molecule has 1 N–H and O–H groups in total. The second-order valence-corrected chi connectivity index (χ2v) is 7.21. The van der Waals surface area contributed by atoms with Crippen LogP contribution in [0.5, 0.6) is 0 Å². The molecule has 29 heavy (non-hydrogen) atoms. The molecule has 2 aromatic carbocycles. The molecule has 0 radical (unpaired) electrons. The van der Waals surface area contributed by atoms with E-state index >= 15 is 0 Å². The fourth-order valence-electron chi connectivity index (χ4n) is 3.53. The molecule has 7 nitrogen and oxygen atoms in total. The topological polar surface area (TPSA) is 83.5 Å². The van der Waals surface area contributed by atoms with Crippen molar-refractivity contribution in [1.29, 1.82) is 0 Å². The van der Waals surface area contributed by atoms with Gasteiger partial charge >= 0.3 is 11.8 Å². The number of nitrogens with one attached hydrogen (secondary N) is 1. The van der Waals surface area contributed by atoms with Gasteiger partial charge in [-0.2, -0.15) is 4.99 Å². The van der Waals surface area contributed by atoms with Crippen molar-refractivity contribution in [3.05, 3.63) is 71.0 Å². The first-order chi connectivity index (χ1) is 14.0. The molecule has 3 amide bonds. The highest BCUT2D eigenvalue weighted by Crippen LogP contribution is 2.21. The summed E-state index contributed by atoms with van der Waals surface area (Å²) in [5.41, 5.74) is 1.63. The summed E-state index contributed by atoms with van der Waals surface area (Å²) in [5.74, 6) is -1.71. The molecule has 1 aliphatic heterocycles. The summed E-state index contributed by atoms with van der Waals surface area (Å²) in [6, 6.07) is 14.9. The molecule has 7 heteroatoms. The smallest absolute Gasteiger partial charge is 0.346 e. The maximum atomic E-state index is 12.6. The largest absolute Gasteiger partial charge is 0.480 e. The lowest BCUT2D eigenvalue weighted by Gasteiger charge is -2.10. The van der Waals surface area contributed by atoms with Crippen LogP contribution in [0.25, 0.3) is 10.9 Å². The summed E-state index contributed by atoms with van der Waals surface area (Å²) in [4.78, 5) is 40.4. The second-order valence-electron chi connectivity index (χ2n) is 7.21. The quantitative estimate of drug-likeness (QED) is 0.518. The van der Waals surface area contributed by atoms with Crippen LogP contribution in [-0.4, -0.2) is 35.4 Å². The Morgan fingerprint density at radius 2 is 1.93 bits per heavy atom. The molecule has 146 valence electrons. The normalized spacial score (nSPS) is 13.6. The Morgan fingerprint density at radius 3 is 2.72 bits per heavy atom. The molecule has 4 rings (SSSR count). The van der Waals surface area contributed by atoms with Gasteiger partial charge in [-0.3, -0.25) is 9.59 Å². The number of hydrogen-bond acceptors (Lipinski definition) is 3. The minimum absolute atomic E-state index is 0.189. The van der Waals surface area contributed by atoms with Crippen molar-refractivity contribution in [3.8, 4) is 0 Å². The summed E-state index contributed by atoms with van der Waals surface area (Å²) in [6.45, 7) is 4.63. The Hall–Kier alpha value is -3.61. The van der Waals surface area contributed by atoms with Crippen molar-refractivity contribution in [3.63, 3.8) is 0 Å². The van der Waals surface area contributed by atoms with Crippen LogP contribution in [0.15, 0.2) is 59.7 Å². The molecular weight excluding hydrogens is 368 g/mol. The first-order valence-electron chi connectivity index (χ1n) is 9.51. The van der Waals surface area contributed by atoms with Crippen LogP contribution < -0.4 is 20.6 Å². The van der Waals surface area contributed by atoms with E-state index in [9.17, 15) is 14.4 Å². The van der Waals surface area contributed by atoms with Gasteiger partial charge in [0.05, 0.1) is 6.54 Å². The zero-order valence-corrected chi connectivity index (χ0v) is 16.3. The zero-order chi connectivity index (χ0) is 20.5. The van der Waals surface area contributed by atoms with Crippen LogP contribution in [0.1, 0.15) is 30.2 Å². The van der Waals surface area contributed by atoms with Gasteiger partial charge in [-0.1, -0.05) is 12.1 Å². The minimum Gasteiger partial charge on any atom is -0.346 e. The van der Waals surface area contributed by atoms with E-state index in [0.29, 0.717) is 22.3 Å². The van der Waals surface area contributed by atoms with E-state index in [-0.39, 0.29) is 19.0 Å². The summed E-state index contributed by atoms with van der Waals surface area (Å²) in [5, 5.41) is 4.86. The summed E-state index contributed by atoms with van der Waals surface area (Å²) in [6.07, 6.45) is 2.01. The number of fused-ring (bicyclic) bond motifs is 2. The predicted octanol–water partition coefficient (Wildman–Crippen LogP) is 0.830. The van der Waals surface area contributed by atoms with Gasteiger partial charge in [-0.25, -0.2) is 4.79 Å². The number of hydrogen-bond donors (Lipinski definition) is 1. The Kier molecular flexibility index (Phi) is 4.80. The summed E-state index contributed by atoms with van der Waals surface area (Å²) < 4.78 is 3.51. The number of nitrogens with zero attached hydrogens (tertiary/aromatic N) is 3. The average molecular weight is 389 g/mol. The Balaban J connectivity index is 1.51. The number of aromatic nitrogens is 1. The van der Waals surface area contributed by atoms with Gasteiger partial charge in [0.2, 0.25) is 5.36 Å². The Morgan fingerprint density at radius 1 is 1.14 bits per heavy atom. The number of para-hydroxylation sites is 2. The van der Waals surface area contributed by atoms with Gasteiger partial charge in [0.1, 0.15) is 5.36 Å². The number of carbonyl (C=O) groups is 3. The zero-order valence-electron chi connectivity index (χ0n) is 16.3. The highest BCUT2D eigenvalue weighted by Gasteiger charge is 2.30. The van der Waals surface area contributed by atoms with Crippen molar-refractivity contribution in [1.82, 2.24) is 14.5 Å². The lowest BCUT2D eigenvalue weighted by Crippen LogP contribution is -2.52. The van der Waals surface area contributed by atoms with Crippen LogP contribution in [-0.2, 0) is 9.59 Å². The van der Waals surface area contributed by atoms with Gasteiger partial charge in [0, 0.05) is 34.8 Å². The van der Waals surface area contributed by atoms with Crippen molar-refractivity contribution in [2.24, 2.45) is 4.99 Å². The molecule has 0 saturated heterocycles. The molecule has 0 aliphatic carbocycles. The van der Waals surface area contributed by atoms with Crippen LogP contribution in [0, 0.1) is 0 Å². The Bertz CT molecular complexity index is 1270. The van der Waals surface area contributed by atoms with E-state index in [2.05, 4.69) is 28.7 Å². The molecule has 1 aromatic heterocycles. The predicted molar refractivity (Wildman–Crippen MR) is 108 cm³/mol. The van der Waals surface area contributed by atoms with Crippen LogP contribution in [0.2, 0.25) is 0 Å². The standard InChI is InChI=1S/C22H20N4O3/c1-14(2)25-11-9-15-13-16(7-8-18(15)25)20(27)23-10-12-26-19-6-4-3-5-17(19)24-21(28)22(26)29/h3-9,11,13-14H,10,12H2,1-2H3/p+1. The van der Waals surface area contributed by atoms with Crippen LogP contribution in [0.3, 0.4) is 0 Å². The van der Waals surface area contributed by atoms with E-state index in [4.69, 9.17) is 0 Å². The van der Waals surface area contributed by atoms with Gasteiger partial charge in [-0.05, 0) is 44.2 Å². The van der Waals surface area contributed by atoms with Crippen LogP contribution in [0.4, 0.5) is 0 Å². The molecule has 0 spiro atoms. The fourth-order valence-corrected chi connectivity index (χ4v) is 3.53. The maximum absolute atomic E-state index is 12.6. The van der Waals surface area contributed by atoms with E-state index in [1.165, 1.54) is 4.58 Å². The first-order valence-corrected chi connectivity index (χ1v) is 9.51. The molecule has 0 bridgehead atoms. The van der Waals surface area contributed by atoms with Gasteiger partial charge < -0.3 is 9.88 Å². The molecule has 0 unspecified atom stereocenters. The van der Waals surface area contributed by atoms with Gasteiger partial charge in [-0.15, -0.1) is 4.58 Å². The number of carbonyl (C=O) groups excluding carboxylic acids is 3. The maximum Gasteiger partial charge on any atom is 0.480 e. The average Bonchev–Trinajstić information content (AvgIpc) is 3.14. The molecule has 1 aliphatic rings. The third kappa shape index (κ3) is 3.47. The molecule has 0 saturated carbocycles. The van der Waals surface area contributed by atoms with Crippen molar-refractivity contribution < 1.29 is 14.4 Å². The highest BCUT2D eigenvalue weighted by molar-refractivity contribution is 6.36. The van der Waals surface area contributed by atoms with E-state index in [1.807, 2.05) is 24.4 Å². The monoisotopic (exact) mass is 389 g/mol. The molecule has 0 fully saturated rings. The van der Waals surface area contributed by atoms with E-state index in [1.54, 1.807) is 30.3 Å². The summed E-state index contributed by atoms with van der Waals surface area (Å²) in [7, 11) is 0. The minimum atomic E-state index is -0.796. The lowest BCUT2D eigenvalue weighted by atomic mass is 10.1. The molecular formula is C22H21N4O3+. The van der Waals surface area contributed by atoms with Gasteiger partial charge in [0.25, 0.3) is 5.91 Å². The van der Waals surface area contributed by atoms with Crippen molar-refractivity contribution >= 4 is 28.6 Å². The summed E-state index contributed by atoms with van der Waals surface area (Å²) >= 11 is 0. The second kappa shape index (κ2) is 7.43. The number of amides is 3. The first kappa shape index (κ1) is 18.7. The number of rotatable bonds is 5. The fraction of sp³-hybridized carbons (Fsp3) is 0.227. The lowest BCUT2D eigenvalue weighted by molar-refractivity contribution is -0.138. The van der Waals surface area contributed by atoms with Crippen molar-refractivity contribution in [2.45, 2.75) is 19.9 Å². The SMILES string of the molecule is CC(C)n1ccc2cc(C(=O)NCC[N+]3=c4ccccc4=NC(=O)C3=O)ccc21.